The fourth-order valence-electron chi connectivity index (χ4n) is 1.64. The van der Waals surface area contributed by atoms with E-state index >= 15 is 0 Å². The van der Waals surface area contributed by atoms with Gasteiger partial charge < -0.3 is 5.32 Å². The van der Waals surface area contributed by atoms with Crippen molar-refractivity contribution in [3.63, 3.8) is 0 Å². The summed E-state index contributed by atoms with van der Waals surface area (Å²) < 4.78 is 15.3. The second kappa shape index (κ2) is 6.00. The molecule has 1 N–H and O–H groups in total. The van der Waals surface area contributed by atoms with Crippen molar-refractivity contribution in [1.82, 2.24) is 0 Å². The lowest BCUT2D eigenvalue weighted by atomic mass is 10.1. The lowest BCUT2D eigenvalue weighted by Gasteiger charge is -2.10. The van der Waals surface area contributed by atoms with Crippen LogP contribution >= 0.6 is 38.5 Å². The molecule has 0 spiro atoms. The minimum Gasteiger partial charge on any atom is -0.319 e. The van der Waals surface area contributed by atoms with Crippen molar-refractivity contribution >= 4 is 50.1 Å². The summed E-state index contributed by atoms with van der Waals surface area (Å²) in [5.41, 5.74) is 1.43. The normalized spacial score (nSPS) is 10.3. The molecule has 5 heteroatoms. The zero-order valence-electron chi connectivity index (χ0n) is 10.0. The number of para-hydroxylation sites is 1. The smallest absolute Gasteiger partial charge is 0.256 e. The van der Waals surface area contributed by atoms with E-state index in [1.807, 2.05) is 12.1 Å². The fourth-order valence-corrected chi connectivity index (χ4v) is 2.58. The van der Waals surface area contributed by atoms with Crippen LogP contribution in [0.1, 0.15) is 15.9 Å². The summed E-state index contributed by atoms with van der Waals surface area (Å²) in [5.74, 6) is -0.753. The van der Waals surface area contributed by atoms with Crippen LogP contribution in [0.5, 0.6) is 0 Å². The van der Waals surface area contributed by atoms with Gasteiger partial charge in [-0.1, -0.05) is 28.1 Å². The first-order valence-corrected chi connectivity index (χ1v) is 7.37. The number of hydrogen-bond donors (Lipinski definition) is 1. The van der Waals surface area contributed by atoms with Crippen LogP contribution in [-0.4, -0.2) is 5.91 Å². The average molecular weight is 434 g/mol. The molecule has 0 fully saturated rings. The largest absolute Gasteiger partial charge is 0.319 e. The molecule has 0 saturated carbocycles. The van der Waals surface area contributed by atoms with Crippen LogP contribution in [0.3, 0.4) is 0 Å². The second-order valence-corrected chi connectivity index (χ2v) is 6.09. The Kier molecular flexibility index (Phi) is 4.57. The Labute approximate surface area is 132 Å². The first-order chi connectivity index (χ1) is 8.99. The van der Waals surface area contributed by atoms with Crippen LogP contribution in [0.4, 0.5) is 10.1 Å². The highest BCUT2D eigenvalue weighted by atomic mass is 127. The van der Waals surface area contributed by atoms with E-state index in [1.165, 1.54) is 6.07 Å². The van der Waals surface area contributed by atoms with Gasteiger partial charge in [0, 0.05) is 8.04 Å². The summed E-state index contributed by atoms with van der Waals surface area (Å²) in [5, 5.41) is 2.62. The SMILES string of the molecule is Cc1cccc(F)c1NC(=O)c1cc(Br)ccc1I. The van der Waals surface area contributed by atoms with Gasteiger partial charge in [0.25, 0.3) is 5.91 Å². The minimum atomic E-state index is -0.432. The highest BCUT2D eigenvalue weighted by Gasteiger charge is 2.14. The summed E-state index contributed by atoms with van der Waals surface area (Å²) in [7, 11) is 0. The molecule has 0 aliphatic heterocycles. The van der Waals surface area contributed by atoms with Gasteiger partial charge in [-0.15, -0.1) is 0 Å². The third kappa shape index (κ3) is 3.33. The summed E-state index contributed by atoms with van der Waals surface area (Å²) >= 11 is 5.40. The Balaban J connectivity index is 2.34. The zero-order chi connectivity index (χ0) is 14.0. The number of aryl methyl sites for hydroxylation is 1. The Bertz CT molecular complexity index is 625. The van der Waals surface area contributed by atoms with Gasteiger partial charge in [-0.05, 0) is 59.3 Å². The Morgan fingerprint density at radius 3 is 2.74 bits per heavy atom. The van der Waals surface area contributed by atoms with Gasteiger partial charge in [-0.3, -0.25) is 4.79 Å². The van der Waals surface area contributed by atoms with Crippen LogP contribution in [-0.2, 0) is 0 Å². The van der Waals surface area contributed by atoms with Crippen LogP contribution < -0.4 is 5.32 Å². The van der Waals surface area contributed by atoms with E-state index in [0.717, 1.165) is 8.04 Å². The monoisotopic (exact) mass is 433 g/mol. The lowest BCUT2D eigenvalue weighted by molar-refractivity contribution is 0.102. The van der Waals surface area contributed by atoms with Gasteiger partial charge >= 0.3 is 0 Å². The molecule has 2 aromatic carbocycles. The van der Waals surface area contributed by atoms with Gasteiger partial charge in [-0.2, -0.15) is 0 Å². The van der Waals surface area contributed by atoms with E-state index in [9.17, 15) is 9.18 Å². The summed E-state index contributed by atoms with van der Waals surface area (Å²) in [4.78, 5) is 12.2. The Hall–Kier alpha value is -0.950. The van der Waals surface area contributed by atoms with Crippen molar-refractivity contribution in [3.8, 4) is 0 Å². The molecular formula is C14H10BrFINO. The Morgan fingerprint density at radius 1 is 1.32 bits per heavy atom. The molecule has 0 aromatic heterocycles. The van der Waals surface area contributed by atoms with Gasteiger partial charge in [0.1, 0.15) is 5.82 Å². The molecule has 1 amide bonds. The molecule has 0 saturated heterocycles. The molecule has 0 aliphatic carbocycles. The number of anilines is 1. The third-order valence-corrected chi connectivity index (χ3v) is 4.07. The molecule has 0 unspecified atom stereocenters. The number of carbonyl (C=O) groups excluding carboxylic acids is 1. The van der Waals surface area contributed by atoms with E-state index in [-0.39, 0.29) is 11.6 Å². The summed E-state index contributed by atoms with van der Waals surface area (Å²) in [6.45, 7) is 1.75. The quantitative estimate of drug-likeness (QED) is 0.680. The molecule has 0 atom stereocenters. The number of rotatable bonds is 2. The van der Waals surface area contributed by atoms with Crippen molar-refractivity contribution in [3.05, 3.63) is 61.4 Å². The molecule has 0 aliphatic rings. The predicted molar refractivity (Wildman–Crippen MR) is 85.9 cm³/mol. The van der Waals surface area contributed by atoms with E-state index in [4.69, 9.17) is 0 Å². The minimum absolute atomic E-state index is 0.225. The summed E-state index contributed by atoms with van der Waals surface area (Å²) in [6.07, 6.45) is 0. The van der Waals surface area contributed by atoms with E-state index in [0.29, 0.717) is 11.1 Å². The first-order valence-electron chi connectivity index (χ1n) is 5.50. The highest BCUT2D eigenvalue weighted by molar-refractivity contribution is 14.1. The molecule has 2 nitrogen and oxygen atoms in total. The molecule has 0 radical (unpaired) electrons. The van der Waals surface area contributed by atoms with Crippen molar-refractivity contribution in [2.75, 3.05) is 5.32 Å². The van der Waals surface area contributed by atoms with E-state index in [2.05, 4.69) is 43.8 Å². The maximum absolute atomic E-state index is 13.7. The average Bonchev–Trinajstić information content (AvgIpc) is 2.37. The molecule has 0 bridgehead atoms. The summed E-state index contributed by atoms with van der Waals surface area (Å²) in [6, 6.07) is 10.1. The Morgan fingerprint density at radius 2 is 2.05 bits per heavy atom. The number of amides is 1. The number of hydrogen-bond acceptors (Lipinski definition) is 1. The molecular weight excluding hydrogens is 424 g/mol. The third-order valence-electron chi connectivity index (χ3n) is 2.63. The van der Waals surface area contributed by atoms with Gasteiger partial charge in [-0.25, -0.2) is 4.39 Å². The van der Waals surface area contributed by atoms with Gasteiger partial charge in [0.15, 0.2) is 0 Å². The first kappa shape index (κ1) is 14.5. The van der Waals surface area contributed by atoms with Crippen LogP contribution in [0.15, 0.2) is 40.9 Å². The standard InChI is InChI=1S/C14H10BrFINO/c1-8-3-2-4-11(16)13(8)18-14(19)10-7-9(15)5-6-12(10)17/h2-7H,1H3,(H,18,19). The van der Waals surface area contributed by atoms with E-state index in [1.54, 1.807) is 25.1 Å². The van der Waals surface area contributed by atoms with Gasteiger partial charge in [0.05, 0.1) is 11.3 Å². The van der Waals surface area contributed by atoms with Crippen LogP contribution in [0.25, 0.3) is 0 Å². The second-order valence-electron chi connectivity index (χ2n) is 4.01. The van der Waals surface area contributed by atoms with Crippen molar-refractivity contribution in [2.45, 2.75) is 6.92 Å². The lowest BCUT2D eigenvalue weighted by Crippen LogP contribution is -2.15. The molecule has 0 heterocycles. The highest BCUT2D eigenvalue weighted by Crippen LogP contribution is 2.22. The number of nitrogens with one attached hydrogen (secondary N) is 1. The van der Waals surface area contributed by atoms with Crippen molar-refractivity contribution in [2.24, 2.45) is 0 Å². The number of carbonyl (C=O) groups is 1. The number of halogens is 3. The topological polar surface area (TPSA) is 29.1 Å². The van der Waals surface area contributed by atoms with Crippen molar-refractivity contribution < 1.29 is 9.18 Å². The predicted octanol–water partition coefficient (Wildman–Crippen LogP) is 4.75. The van der Waals surface area contributed by atoms with Crippen LogP contribution in [0.2, 0.25) is 0 Å². The van der Waals surface area contributed by atoms with Crippen molar-refractivity contribution in [1.29, 1.82) is 0 Å². The maximum atomic E-state index is 13.7. The van der Waals surface area contributed by atoms with Crippen LogP contribution in [0, 0.1) is 16.3 Å². The molecule has 2 rings (SSSR count). The molecule has 98 valence electrons. The van der Waals surface area contributed by atoms with E-state index < -0.39 is 5.82 Å². The number of benzene rings is 2. The molecule has 19 heavy (non-hydrogen) atoms. The van der Waals surface area contributed by atoms with Gasteiger partial charge in [0.2, 0.25) is 0 Å². The molecule has 2 aromatic rings. The zero-order valence-corrected chi connectivity index (χ0v) is 13.7. The fraction of sp³-hybridized carbons (Fsp3) is 0.0714. The maximum Gasteiger partial charge on any atom is 0.256 e.